The largest absolute Gasteiger partial charge is 0.311 e. The second-order valence-corrected chi connectivity index (χ2v) is 14.3. The van der Waals surface area contributed by atoms with Crippen LogP contribution in [0.2, 0.25) is 0 Å². The van der Waals surface area contributed by atoms with Crippen LogP contribution in [0.4, 0.5) is 34.1 Å². The van der Waals surface area contributed by atoms with Crippen LogP contribution in [0.1, 0.15) is 5.56 Å². The minimum Gasteiger partial charge on any atom is -0.311 e. The molecule has 2 heteroatoms. The first-order valence-electron chi connectivity index (χ1n) is 19.5. The van der Waals surface area contributed by atoms with Gasteiger partial charge in [0.2, 0.25) is 0 Å². The Kier molecular flexibility index (Phi) is 9.99. The van der Waals surface area contributed by atoms with Gasteiger partial charge in [-0.1, -0.05) is 169 Å². The average Bonchev–Trinajstić information content (AvgIpc) is 3.29. The average molecular weight is 731 g/mol. The second-order valence-electron chi connectivity index (χ2n) is 14.3. The molecule has 9 aromatic carbocycles. The fourth-order valence-corrected chi connectivity index (χ4v) is 7.49. The summed E-state index contributed by atoms with van der Waals surface area (Å²) in [7, 11) is 0. The van der Waals surface area contributed by atoms with Gasteiger partial charge in [-0.05, 0) is 124 Å². The van der Waals surface area contributed by atoms with Crippen molar-refractivity contribution in [3.8, 4) is 44.5 Å². The third kappa shape index (κ3) is 7.76. The van der Waals surface area contributed by atoms with E-state index in [0.717, 1.165) is 34.1 Å². The van der Waals surface area contributed by atoms with Gasteiger partial charge in [-0.25, -0.2) is 0 Å². The maximum Gasteiger partial charge on any atom is 0.0462 e. The Morgan fingerprint density at radius 2 is 0.368 bits per heavy atom. The summed E-state index contributed by atoms with van der Waals surface area (Å²) < 4.78 is 0. The Labute approximate surface area is 336 Å². The van der Waals surface area contributed by atoms with E-state index in [2.05, 4.69) is 253 Å². The molecule has 0 bridgehead atoms. The zero-order valence-electron chi connectivity index (χ0n) is 31.9. The van der Waals surface area contributed by atoms with Crippen LogP contribution in [-0.4, -0.2) is 0 Å². The first-order valence-corrected chi connectivity index (χ1v) is 19.5. The lowest BCUT2D eigenvalue weighted by Gasteiger charge is -2.26. The van der Waals surface area contributed by atoms with E-state index in [0.29, 0.717) is 0 Å². The zero-order valence-corrected chi connectivity index (χ0v) is 31.9. The molecule has 0 heterocycles. The number of benzene rings is 9. The van der Waals surface area contributed by atoms with Crippen molar-refractivity contribution in [1.29, 1.82) is 0 Å². The molecule has 0 aliphatic carbocycles. The van der Waals surface area contributed by atoms with Gasteiger partial charge in [0.05, 0.1) is 0 Å². The highest BCUT2D eigenvalue weighted by Crippen LogP contribution is 2.39. The lowest BCUT2D eigenvalue weighted by Crippen LogP contribution is -2.10. The lowest BCUT2D eigenvalue weighted by molar-refractivity contribution is 1.27. The third-order valence-electron chi connectivity index (χ3n) is 10.6. The van der Waals surface area contributed by atoms with Crippen molar-refractivity contribution in [3.63, 3.8) is 0 Å². The molecule has 9 aromatic rings. The fourth-order valence-electron chi connectivity index (χ4n) is 7.49. The van der Waals surface area contributed by atoms with Crippen LogP contribution in [-0.2, 0) is 0 Å². The molecule has 0 aliphatic heterocycles. The van der Waals surface area contributed by atoms with E-state index in [9.17, 15) is 0 Å². The molecule has 9 rings (SSSR count). The van der Waals surface area contributed by atoms with Crippen molar-refractivity contribution in [2.75, 3.05) is 9.80 Å². The molecule has 0 radical (unpaired) electrons. The summed E-state index contributed by atoms with van der Waals surface area (Å²) in [5, 5.41) is 0. The van der Waals surface area contributed by atoms with Crippen molar-refractivity contribution in [1.82, 2.24) is 0 Å². The minimum atomic E-state index is 1.10. The Hall–Kier alpha value is -7.42. The molecule has 272 valence electrons. The number of hydrogen-bond donors (Lipinski definition) is 0. The topological polar surface area (TPSA) is 6.48 Å². The van der Waals surface area contributed by atoms with Crippen molar-refractivity contribution < 1.29 is 0 Å². The normalized spacial score (nSPS) is 10.9. The molecule has 2 nitrogen and oxygen atoms in total. The van der Waals surface area contributed by atoms with E-state index in [4.69, 9.17) is 0 Å². The Bertz CT molecular complexity index is 2570. The summed E-state index contributed by atoms with van der Waals surface area (Å²) >= 11 is 0. The number of rotatable bonds is 10. The van der Waals surface area contributed by atoms with E-state index in [1.807, 2.05) is 0 Å². The summed E-state index contributed by atoms with van der Waals surface area (Å²) in [5.74, 6) is 0. The van der Waals surface area contributed by atoms with Gasteiger partial charge in [-0.2, -0.15) is 0 Å². The Morgan fingerprint density at radius 3 is 0.579 bits per heavy atom. The third-order valence-corrected chi connectivity index (χ3v) is 10.6. The predicted octanol–water partition coefficient (Wildman–Crippen LogP) is 15.6. The molecule has 0 unspecified atom stereocenters. The Morgan fingerprint density at radius 1 is 0.193 bits per heavy atom. The number of anilines is 6. The summed E-state index contributed by atoms with van der Waals surface area (Å²) in [6, 6.07) is 84.8. The Balaban J connectivity index is 1.02. The molecule has 0 aliphatic rings. The van der Waals surface area contributed by atoms with Gasteiger partial charge in [-0.3, -0.25) is 0 Å². The van der Waals surface area contributed by atoms with Crippen LogP contribution in [0.15, 0.2) is 237 Å². The summed E-state index contributed by atoms with van der Waals surface area (Å²) in [6.07, 6.45) is 0. The molecule has 0 fully saturated rings. The molecule has 0 aromatic heterocycles. The van der Waals surface area contributed by atoms with E-state index >= 15 is 0 Å². The quantitative estimate of drug-likeness (QED) is 0.138. The summed E-state index contributed by atoms with van der Waals surface area (Å²) in [6.45, 7) is 2.13. The van der Waals surface area contributed by atoms with Gasteiger partial charge in [0.1, 0.15) is 0 Å². The molecule has 0 saturated carbocycles. The minimum absolute atomic E-state index is 1.10. The maximum atomic E-state index is 2.33. The molecule has 0 amide bonds. The van der Waals surface area contributed by atoms with Crippen molar-refractivity contribution >= 4 is 34.1 Å². The summed E-state index contributed by atoms with van der Waals surface area (Å²) in [4.78, 5) is 4.66. The van der Waals surface area contributed by atoms with Crippen molar-refractivity contribution in [2.45, 2.75) is 6.92 Å². The summed E-state index contributed by atoms with van der Waals surface area (Å²) in [5.41, 5.74) is 17.5. The van der Waals surface area contributed by atoms with Crippen LogP contribution in [0.5, 0.6) is 0 Å². The van der Waals surface area contributed by atoms with E-state index in [1.54, 1.807) is 0 Å². The number of hydrogen-bond acceptors (Lipinski definition) is 2. The molecule has 0 saturated heterocycles. The smallest absolute Gasteiger partial charge is 0.0462 e. The van der Waals surface area contributed by atoms with Gasteiger partial charge in [-0.15, -0.1) is 0 Å². The van der Waals surface area contributed by atoms with Crippen LogP contribution in [0.3, 0.4) is 0 Å². The van der Waals surface area contributed by atoms with Crippen LogP contribution in [0.25, 0.3) is 44.5 Å². The second kappa shape index (κ2) is 16.1. The first-order chi connectivity index (χ1) is 28.2. The molecule has 0 spiro atoms. The van der Waals surface area contributed by atoms with Crippen molar-refractivity contribution in [3.05, 3.63) is 242 Å². The van der Waals surface area contributed by atoms with Crippen LogP contribution >= 0.6 is 0 Å². The highest BCUT2D eigenvalue weighted by atomic mass is 15.1. The van der Waals surface area contributed by atoms with Crippen molar-refractivity contribution in [2.24, 2.45) is 0 Å². The highest BCUT2D eigenvalue weighted by Gasteiger charge is 2.16. The van der Waals surface area contributed by atoms with E-state index < -0.39 is 0 Å². The van der Waals surface area contributed by atoms with Gasteiger partial charge in [0, 0.05) is 34.1 Å². The van der Waals surface area contributed by atoms with Gasteiger partial charge < -0.3 is 9.80 Å². The maximum absolute atomic E-state index is 2.33. The zero-order chi connectivity index (χ0) is 38.4. The highest BCUT2D eigenvalue weighted by molar-refractivity contribution is 5.83. The number of aryl methyl sites for hydroxylation is 1. The molecule has 57 heavy (non-hydrogen) atoms. The van der Waals surface area contributed by atoms with Gasteiger partial charge in [0.15, 0.2) is 0 Å². The SMILES string of the molecule is Cc1ccc(N(c2ccc(-c3ccccc3)cc2)c2ccc(-c3ccc(N(c4ccc(-c5ccccc5)cc4)c4ccc(-c5ccccc5)cc4)cc3)cc2)cc1. The van der Waals surface area contributed by atoms with E-state index in [1.165, 1.54) is 50.1 Å². The predicted molar refractivity (Wildman–Crippen MR) is 242 cm³/mol. The van der Waals surface area contributed by atoms with Gasteiger partial charge >= 0.3 is 0 Å². The van der Waals surface area contributed by atoms with E-state index in [-0.39, 0.29) is 0 Å². The fraction of sp³-hybridized carbons (Fsp3) is 0.0182. The van der Waals surface area contributed by atoms with Gasteiger partial charge in [0.25, 0.3) is 0 Å². The first kappa shape index (κ1) is 35.3. The van der Waals surface area contributed by atoms with Crippen LogP contribution < -0.4 is 9.80 Å². The standard InChI is InChI=1S/C55H42N2/c1-41-17-29-50(30-18-41)56(51-31-19-45(20-32-51)42-11-5-2-6-12-42)52-37-25-48(26-38-52)49-27-39-55(40-28-49)57(53-33-21-46(22-34-53)43-13-7-3-8-14-43)54-35-23-47(24-36-54)44-15-9-4-10-16-44/h2-40H,1H3. The molecule has 0 N–H and O–H groups in total. The molecule has 0 atom stereocenters. The lowest BCUT2D eigenvalue weighted by atomic mass is 10.0. The monoisotopic (exact) mass is 730 g/mol. The number of nitrogens with zero attached hydrogens (tertiary/aromatic N) is 2. The molecular weight excluding hydrogens is 689 g/mol. The molecular formula is C55H42N2. The van der Waals surface area contributed by atoms with Crippen LogP contribution in [0, 0.1) is 6.92 Å².